The third-order valence-electron chi connectivity index (χ3n) is 2.89. The van der Waals surface area contributed by atoms with Gasteiger partial charge in [-0.05, 0) is 31.9 Å². The van der Waals surface area contributed by atoms with Gasteiger partial charge in [-0.2, -0.15) is 0 Å². The van der Waals surface area contributed by atoms with Crippen molar-refractivity contribution in [2.45, 2.75) is 53.0 Å². The molecule has 0 aliphatic rings. The molecule has 0 amide bonds. The Bertz CT molecular complexity index is 355. The number of hydrogen-bond acceptors (Lipinski definition) is 2. The minimum Gasteiger partial charge on any atom is -0.461 e. The molecule has 17 heavy (non-hydrogen) atoms. The molecule has 0 aliphatic heterocycles. The predicted octanol–water partition coefficient (Wildman–Crippen LogP) is 3.55. The van der Waals surface area contributed by atoms with Gasteiger partial charge in [-0.25, -0.2) is 4.79 Å². The van der Waals surface area contributed by atoms with Gasteiger partial charge in [-0.1, -0.05) is 26.2 Å². The molecule has 0 N–H and O–H groups in total. The van der Waals surface area contributed by atoms with Crippen molar-refractivity contribution in [2.24, 2.45) is 0 Å². The van der Waals surface area contributed by atoms with Gasteiger partial charge in [-0.15, -0.1) is 0 Å². The third kappa shape index (κ3) is 3.91. The molecule has 1 aromatic rings. The highest BCUT2D eigenvalue weighted by Gasteiger charge is 2.15. The van der Waals surface area contributed by atoms with Crippen molar-refractivity contribution >= 4 is 5.97 Å². The molecule has 0 fully saturated rings. The third-order valence-corrected chi connectivity index (χ3v) is 2.89. The maximum atomic E-state index is 11.8. The summed E-state index contributed by atoms with van der Waals surface area (Å²) in [5.74, 6) is -0.203. The Labute approximate surface area is 104 Å². The second kappa shape index (κ2) is 7.15. The van der Waals surface area contributed by atoms with Crippen LogP contribution in [0.15, 0.2) is 12.3 Å². The molecule has 0 saturated heterocycles. The minimum absolute atomic E-state index is 0.203. The number of rotatable bonds is 7. The molecule has 3 heteroatoms. The van der Waals surface area contributed by atoms with Crippen LogP contribution < -0.4 is 0 Å². The first kappa shape index (κ1) is 13.8. The number of hydrogen-bond donors (Lipinski definition) is 0. The smallest absolute Gasteiger partial charge is 0.355 e. The number of carbonyl (C=O) groups is 1. The van der Waals surface area contributed by atoms with Crippen molar-refractivity contribution in [3.63, 3.8) is 0 Å². The molecule has 1 aromatic heterocycles. The minimum atomic E-state index is -0.203. The lowest BCUT2D eigenvalue weighted by atomic mass is 10.2. The molecule has 0 aliphatic carbocycles. The highest BCUT2D eigenvalue weighted by Crippen LogP contribution is 2.13. The molecule has 1 rings (SSSR count). The molecular formula is C14H23NO2. The number of aromatic nitrogens is 1. The van der Waals surface area contributed by atoms with E-state index in [2.05, 4.69) is 6.92 Å². The van der Waals surface area contributed by atoms with Gasteiger partial charge in [0, 0.05) is 12.7 Å². The topological polar surface area (TPSA) is 31.2 Å². The van der Waals surface area contributed by atoms with E-state index in [4.69, 9.17) is 4.74 Å². The molecular weight excluding hydrogens is 214 g/mol. The van der Waals surface area contributed by atoms with Crippen LogP contribution in [0, 0.1) is 6.92 Å². The Hall–Kier alpha value is -1.25. The molecule has 0 radical (unpaired) electrons. The van der Waals surface area contributed by atoms with E-state index in [0.29, 0.717) is 12.3 Å². The molecule has 3 nitrogen and oxygen atoms in total. The largest absolute Gasteiger partial charge is 0.461 e. The summed E-state index contributed by atoms with van der Waals surface area (Å²) in [6.45, 7) is 7.32. The maximum Gasteiger partial charge on any atom is 0.355 e. The van der Waals surface area contributed by atoms with Crippen LogP contribution in [0.25, 0.3) is 0 Å². The summed E-state index contributed by atoms with van der Waals surface area (Å²) in [7, 11) is 0. The predicted molar refractivity (Wildman–Crippen MR) is 69.3 cm³/mol. The van der Waals surface area contributed by atoms with Crippen LogP contribution in [-0.4, -0.2) is 17.1 Å². The number of ether oxygens (including phenoxy) is 1. The normalized spacial score (nSPS) is 10.5. The fourth-order valence-corrected chi connectivity index (χ4v) is 1.95. The lowest BCUT2D eigenvalue weighted by molar-refractivity contribution is 0.0512. The Kier molecular flexibility index (Phi) is 5.81. The zero-order chi connectivity index (χ0) is 12.7. The molecule has 0 bridgehead atoms. The summed E-state index contributed by atoms with van der Waals surface area (Å²) in [6.07, 6.45) is 6.81. The summed E-state index contributed by atoms with van der Waals surface area (Å²) < 4.78 is 7.09. The first-order valence-electron chi connectivity index (χ1n) is 6.53. The van der Waals surface area contributed by atoms with Crippen LogP contribution in [0.5, 0.6) is 0 Å². The van der Waals surface area contributed by atoms with Crippen molar-refractivity contribution in [3.05, 3.63) is 23.5 Å². The Morgan fingerprint density at radius 1 is 1.29 bits per heavy atom. The van der Waals surface area contributed by atoms with Crippen LogP contribution in [0.1, 0.15) is 55.6 Å². The van der Waals surface area contributed by atoms with E-state index in [1.165, 1.54) is 19.3 Å². The molecule has 1 heterocycles. The lowest BCUT2D eigenvalue weighted by Gasteiger charge is -2.09. The van der Waals surface area contributed by atoms with Crippen LogP contribution in [0.3, 0.4) is 0 Å². The zero-order valence-electron chi connectivity index (χ0n) is 11.2. The standard InChI is InChI=1S/C14H23NO2/c1-4-6-7-8-10-15-11-9-12(3)13(15)14(16)17-5-2/h9,11H,4-8,10H2,1-3H3. The van der Waals surface area contributed by atoms with Gasteiger partial charge in [0.1, 0.15) is 5.69 Å². The van der Waals surface area contributed by atoms with E-state index in [1.54, 1.807) is 0 Å². The molecule has 0 unspecified atom stereocenters. The SMILES string of the molecule is CCCCCCn1ccc(C)c1C(=O)OCC. The van der Waals surface area contributed by atoms with Crippen LogP contribution >= 0.6 is 0 Å². The van der Waals surface area contributed by atoms with E-state index < -0.39 is 0 Å². The number of unbranched alkanes of at least 4 members (excludes halogenated alkanes) is 3. The van der Waals surface area contributed by atoms with E-state index in [1.807, 2.05) is 30.7 Å². The van der Waals surface area contributed by atoms with Gasteiger partial charge < -0.3 is 9.30 Å². The fourth-order valence-electron chi connectivity index (χ4n) is 1.95. The average Bonchev–Trinajstić information content (AvgIpc) is 2.66. The summed E-state index contributed by atoms with van der Waals surface area (Å²) in [5, 5.41) is 0. The second-order valence-electron chi connectivity index (χ2n) is 4.32. The summed E-state index contributed by atoms with van der Waals surface area (Å²) in [5.41, 5.74) is 1.71. The van der Waals surface area contributed by atoms with Crippen LogP contribution in [0.4, 0.5) is 0 Å². The Morgan fingerprint density at radius 3 is 2.71 bits per heavy atom. The van der Waals surface area contributed by atoms with Gasteiger partial charge >= 0.3 is 5.97 Å². The van der Waals surface area contributed by atoms with Gasteiger partial charge in [0.25, 0.3) is 0 Å². The second-order valence-corrected chi connectivity index (χ2v) is 4.32. The number of aryl methyl sites for hydroxylation is 2. The first-order chi connectivity index (χ1) is 8.20. The van der Waals surface area contributed by atoms with Crippen molar-refractivity contribution < 1.29 is 9.53 Å². The Morgan fingerprint density at radius 2 is 2.06 bits per heavy atom. The number of carbonyl (C=O) groups excluding carboxylic acids is 1. The summed E-state index contributed by atoms with van der Waals surface area (Å²) >= 11 is 0. The van der Waals surface area contributed by atoms with E-state index >= 15 is 0 Å². The first-order valence-corrected chi connectivity index (χ1v) is 6.53. The van der Waals surface area contributed by atoms with Gasteiger partial charge in [0.15, 0.2) is 0 Å². The van der Waals surface area contributed by atoms with Gasteiger partial charge in [0.2, 0.25) is 0 Å². The van der Waals surface area contributed by atoms with E-state index in [9.17, 15) is 4.79 Å². The quantitative estimate of drug-likeness (QED) is 0.536. The molecule has 96 valence electrons. The van der Waals surface area contributed by atoms with E-state index in [0.717, 1.165) is 18.5 Å². The van der Waals surface area contributed by atoms with E-state index in [-0.39, 0.29) is 5.97 Å². The van der Waals surface area contributed by atoms with Crippen LogP contribution in [-0.2, 0) is 11.3 Å². The van der Waals surface area contributed by atoms with Gasteiger partial charge in [-0.3, -0.25) is 0 Å². The van der Waals surface area contributed by atoms with Crippen molar-refractivity contribution in [1.29, 1.82) is 0 Å². The Balaban J connectivity index is 2.62. The van der Waals surface area contributed by atoms with Crippen molar-refractivity contribution in [3.8, 4) is 0 Å². The molecule has 0 atom stereocenters. The van der Waals surface area contributed by atoms with Crippen LogP contribution in [0.2, 0.25) is 0 Å². The average molecular weight is 237 g/mol. The zero-order valence-corrected chi connectivity index (χ0v) is 11.2. The molecule has 0 saturated carbocycles. The van der Waals surface area contributed by atoms with Gasteiger partial charge in [0.05, 0.1) is 6.61 Å². The molecule has 0 spiro atoms. The summed E-state index contributed by atoms with van der Waals surface area (Å²) in [4.78, 5) is 11.8. The highest BCUT2D eigenvalue weighted by atomic mass is 16.5. The number of nitrogens with zero attached hydrogens (tertiary/aromatic N) is 1. The lowest BCUT2D eigenvalue weighted by Crippen LogP contribution is -2.13. The fraction of sp³-hybridized carbons (Fsp3) is 0.643. The summed E-state index contributed by atoms with van der Waals surface area (Å²) in [6, 6.07) is 1.98. The molecule has 0 aromatic carbocycles. The number of esters is 1. The monoisotopic (exact) mass is 237 g/mol. The highest BCUT2D eigenvalue weighted by molar-refractivity contribution is 5.89. The van der Waals surface area contributed by atoms with Crippen molar-refractivity contribution in [1.82, 2.24) is 4.57 Å². The maximum absolute atomic E-state index is 11.8. The van der Waals surface area contributed by atoms with Crippen molar-refractivity contribution in [2.75, 3.05) is 6.61 Å².